The lowest BCUT2D eigenvalue weighted by Crippen LogP contribution is -2.44. The number of hydrogen-bond donors (Lipinski definition) is 3. The van der Waals surface area contributed by atoms with E-state index in [1.54, 1.807) is 20.8 Å². The van der Waals surface area contributed by atoms with Crippen LogP contribution < -0.4 is 10.6 Å². The zero-order valence-electron chi connectivity index (χ0n) is 37.4. The number of unbranched alkanes of at least 4 members (excludes halogenated alkanes) is 15. The summed E-state index contributed by atoms with van der Waals surface area (Å²) in [5.74, 6) is -3.54. The number of hydroxylamine groups is 2. The molecule has 352 valence electrons. The minimum Gasteiger partial charge on any atom is -0.481 e. The molecule has 1 unspecified atom stereocenters. The molecule has 0 radical (unpaired) electrons. The highest BCUT2D eigenvalue weighted by Crippen LogP contribution is 2.16. The fourth-order valence-electron chi connectivity index (χ4n) is 6.27. The molecule has 0 spiro atoms. The Bertz CT molecular complexity index is 1240. The second kappa shape index (κ2) is 35.9. The maximum Gasteiger partial charge on any atom is 0.335 e. The number of ether oxygens (including phenoxy) is 5. The molecule has 3 N–H and O–H groups in total. The lowest BCUT2D eigenvalue weighted by atomic mass is 10.0. The summed E-state index contributed by atoms with van der Waals surface area (Å²) < 4.78 is 27.2. The van der Waals surface area contributed by atoms with E-state index < -0.39 is 41.4 Å². The van der Waals surface area contributed by atoms with Gasteiger partial charge in [0.25, 0.3) is 11.8 Å². The molecule has 1 aliphatic heterocycles. The zero-order valence-corrected chi connectivity index (χ0v) is 37.4. The van der Waals surface area contributed by atoms with Gasteiger partial charge in [0.2, 0.25) is 11.8 Å². The lowest BCUT2D eigenvalue weighted by molar-refractivity contribution is -0.198. The standard InChI is InChI=1S/C44H77N3O14/c1-44(2,3)60-43(55)36(46-38(49)20-18-16-14-12-10-8-6-4-5-7-9-11-13-15-17-19-21-41(52)53)22-23-37(48)45-27-29-57-31-33-59-35-34-58-32-30-56-28-26-42(54)61-47-39(50)24-25-40(47)51/h36H,4-35H2,1-3H3,(H,45,48)(H,46,49)(H,52,53). The molecule has 0 bridgehead atoms. The topological polar surface area (TPSA) is 222 Å². The first kappa shape index (κ1) is 55.3. The molecule has 1 fully saturated rings. The fourth-order valence-corrected chi connectivity index (χ4v) is 6.27. The Morgan fingerprint density at radius 2 is 1.00 bits per heavy atom. The summed E-state index contributed by atoms with van der Waals surface area (Å²) >= 11 is 0. The second-order valence-corrected chi connectivity index (χ2v) is 16.3. The normalized spacial score (nSPS) is 13.3. The molecule has 1 rings (SSSR count). The Balaban J connectivity index is 2.04. The van der Waals surface area contributed by atoms with Crippen LogP contribution in [0, 0.1) is 0 Å². The number of rotatable bonds is 40. The van der Waals surface area contributed by atoms with E-state index >= 15 is 0 Å². The van der Waals surface area contributed by atoms with Gasteiger partial charge in [0.15, 0.2) is 0 Å². The second-order valence-electron chi connectivity index (χ2n) is 16.3. The van der Waals surface area contributed by atoms with Crippen LogP contribution in [0.3, 0.4) is 0 Å². The smallest absolute Gasteiger partial charge is 0.335 e. The maximum atomic E-state index is 12.9. The monoisotopic (exact) mass is 872 g/mol. The number of imide groups is 1. The van der Waals surface area contributed by atoms with Gasteiger partial charge in [0, 0.05) is 38.6 Å². The molecule has 61 heavy (non-hydrogen) atoms. The van der Waals surface area contributed by atoms with Crippen LogP contribution in [0.4, 0.5) is 0 Å². The van der Waals surface area contributed by atoms with E-state index in [0.29, 0.717) is 37.9 Å². The van der Waals surface area contributed by atoms with Crippen LogP contribution in [0.15, 0.2) is 0 Å². The molecule has 17 heteroatoms. The molecule has 17 nitrogen and oxygen atoms in total. The average Bonchev–Trinajstić information content (AvgIpc) is 3.51. The van der Waals surface area contributed by atoms with Crippen LogP contribution in [-0.4, -0.2) is 123 Å². The predicted octanol–water partition coefficient (Wildman–Crippen LogP) is 5.88. The van der Waals surface area contributed by atoms with E-state index in [1.165, 1.54) is 57.8 Å². The van der Waals surface area contributed by atoms with Crippen molar-refractivity contribution in [2.45, 2.75) is 180 Å². The molecule has 4 amide bonds. The summed E-state index contributed by atoms with van der Waals surface area (Å²) in [6.07, 6.45) is 18.8. The Morgan fingerprint density at radius 3 is 1.46 bits per heavy atom. The van der Waals surface area contributed by atoms with E-state index in [1.807, 2.05) is 0 Å². The molecule has 0 aliphatic carbocycles. The van der Waals surface area contributed by atoms with Gasteiger partial charge in [-0.3, -0.25) is 24.0 Å². The summed E-state index contributed by atoms with van der Waals surface area (Å²) in [6, 6.07) is -0.920. The van der Waals surface area contributed by atoms with Crippen molar-refractivity contribution in [3.05, 3.63) is 0 Å². The highest BCUT2D eigenvalue weighted by Gasteiger charge is 2.32. The molecule has 1 saturated heterocycles. The number of aliphatic carboxylic acids is 1. The van der Waals surface area contributed by atoms with Crippen LogP contribution in [0.25, 0.3) is 0 Å². The molecule has 1 atom stereocenters. The Hall–Kier alpha value is -3.67. The van der Waals surface area contributed by atoms with Gasteiger partial charge in [-0.05, 0) is 40.0 Å². The van der Waals surface area contributed by atoms with Crippen LogP contribution in [0.1, 0.15) is 168 Å². The van der Waals surface area contributed by atoms with Crippen molar-refractivity contribution in [2.75, 3.05) is 59.4 Å². The molecular formula is C44H77N3O14. The first-order valence-electron chi connectivity index (χ1n) is 22.7. The quantitative estimate of drug-likeness (QED) is 0.0372. The van der Waals surface area contributed by atoms with E-state index in [4.69, 9.17) is 33.6 Å². The number of carbonyl (C=O) groups is 7. The van der Waals surface area contributed by atoms with Gasteiger partial charge in [-0.15, -0.1) is 5.06 Å². The number of carboxylic acids is 1. The first-order valence-corrected chi connectivity index (χ1v) is 22.7. The van der Waals surface area contributed by atoms with Crippen LogP contribution in [-0.2, 0) is 62.1 Å². The maximum absolute atomic E-state index is 12.9. The predicted molar refractivity (Wildman–Crippen MR) is 226 cm³/mol. The van der Waals surface area contributed by atoms with Crippen molar-refractivity contribution in [3.8, 4) is 0 Å². The van der Waals surface area contributed by atoms with E-state index in [-0.39, 0.29) is 83.3 Å². The van der Waals surface area contributed by atoms with Crippen molar-refractivity contribution in [3.63, 3.8) is 0 Å². The number of carboxylic acid groups (broad SMARTS) is 1. The molecular weight excluding hydrogens is 794 g/mol. The Kier molecular flexibility index (Phi) is 32.6. The summed E-state index contributed by atoms with van der Waals surface area (Å²) in [7, 11) is 0. The SMILES string of the molecule is CC(C)(C)OC(=O)C(CCC(=O)NCCOCCOCCOCCOCCC(=O)ON1C(=O)CCC1=O)NC(=O)CCCCCCCCCCCCCCCCCCC(=O)O. The summed E-state index contributed by atoms with van der Waals surface area (Å²) in [4.78, 5) is 88.0. The summed E-state index contributed by atoms with van der Waals surface area (Å²) in [6.45, 7) is 7.73. The Labute approximate surface area is 363 Å². The molecule has 1 aliphatic rings. The first-order chi connectivity index (χ1) is 29.3. The number of esters is 1. The number of nitrogens with one attached hydrogen (secondary N) is 2. The van der Waals surface area contributed by atoms with Crippen molar-refractivity contribution in [2.24, 2.45) is 0 Å². The highest BCUT2D eigenvalue weighted by molar-refractivity contribution is 6.01. The van der Waals surface area contributed by atoms with Gasteiger partial charge >= 0.3 is 17.9 Å². The van der Waals surface area contributed by atoms with E-state index in [2.05, 4.69) is 10.6 Å². The van der Waals surface area contributed by atoms with Gasteiger partial charge < -0.3 is 44.3 Å². The van der Waals surface area contributed by atoms with Crippen LogP contribution in [0.5, 0.6) is 0 Å². The number of amides is 4. The average molecular weight is 872 g/mol. The van der Waals surface area contributed by atoms with Crippen molar-refractivity contribution in [1.29, 1.82) is 0 Å². The van der Waals surface area contributed by atoms with Gasteiger partial charge in [-0.1, -0.05) is 89.9 Å². The highest BCUT2D eigenvalue weighted by atomic mass is 16.7. The third-order valence-electron chi connectivity index (χ3n) is 9.57. The van der Waals surface area contributed by atoms with Crippen LogP contribution >= 0.6 is 0 Å². The van der Waals surface area contributed by atoms with Crippen LogP contribution in [0.2, 0.25) is 0 Å². The third kappa shape index (κ3) is 33.6. The van der Waals surface area contributed by atoms with E-state index in [9.17, 15) is 33.6 Å². The number of nitrogens with zero attached hydrogens (tertiary/aromatic N) is 1. The van der Waals surface area contributed by atoms with Crippen molar-refractivity contribution < 1.29 is 67.2 Å². The molecule has 0 aromatic heterocycles. The molecule has 0 aromatic carbocycles. The summed E-state index contributed by atoms with van der Waals surface area (Å²) in [5, 5.41) is 14.7. The molecule has 0 saturated carbocycles. The summed E-state index contributed by atoms with van der Waals surface area (Å²) in [5.41, 5.74) is -0.734. The third-order valence-corrected chi connectivity index (χ3v) is 9.57. The largest absolute Gasteiger partial charge is 0.481 e. The van der Waals surface area contributed by atoms with Crippen molar-refractivity contribution in [1.82, 2.24) is 15.7 Å². The number of carbonyl (C=O) groups excluding carboxylic acids is 6. The van der Waals surface area contributed by atoms with Gasteiger partial charge in [-0.2, -0.15) is 0 Å². The minimum atomic E-state index is -0.920. The molecule has 0 aromatic rings. The fraction of sp³-hybridized carbons (Fsp3) is 0.841. The Morgan fingerprint density at radius 1 is 0.574 bits per heavy atom. The van der Waals surface area contributed by atoms with Gasteiger partial charge in [-0.25, -0.2) is 9.59 Å². The zero-order chi connectivity index (χ0) is 45.0. The minimum absolute atomic E-state index is 0.0333. The van der Waals surface area contributed by atoms with E-state index in [0.717, 1.165) is 44.9 Å². The van der Waals surface area contributed by atoms with Gasteiger partial charge in [0.05, 0.1) is 59.3 Å². The molecule has 1 heterocycles. The van der Waals surface area contributed by atoms with Crippen molar-refractivity contribution >= 4 is 41.5 Å². The lowest BCUT2D eigenvalue weighted by Gasteiger charge is -2.24. The van der Waals surface area contributed by atoms with Gasteiger partial charge in [0.1, 0.15) is 11.6 Å². The number of hydrogen-bond acceptors (Lipinski definition) is 13.